The van der Waals surface area contributed by atoms with Crippen LogP contribution in [0.1, 0.15) is 5.82 Å². The zero-order chi connectivity index (χ0) is 21.0. The molecule has 0 N–H and O–H groups in total. The Morgan fingerprint density at radius 2 is 1.74 bits per heavy atom. The van der Waals surface area contributed by atoms with E-state index in [9.17, 15) is 0 Å². The van der Waals surface area contributed by atoms with E-state index >= 15 is 0 Å². The van der Waals surface area contributed by atoms with Crippen molar-refractivity contribution in [2.45, 2.75) is 6.54 Å². The fourth-order valence-corrected chi connectivity index (χ4v) is 3.59. The lowest BCUT2D eigenvalue weighted by atomic mass is 10.2. The van der Waals surface area contributed by atoms with Crippen LogP contribution in [-0.2, 0) is 6.54 Å². The van der Waals surface area contributed by atoms with Gasteiger partial charge in [0.2, 0.25) is 5.95 Å². The fourth-order valence-electron chi connectivity index (χ4n) is 3.59. The number of ether oxygens (including phenoxy) is 1. The molecule has 2 aromatic carbocycles. The summed E-state index contributed by atoms with van der Waals surface area (Å²) in [5.41, 5.74) is 1.82. The molecule has 31 heavy (non-hydrogen) atoms. The van der Waals surface area contributed by atoms with Gasteiger partial charge in [-0.05, 0) is 46.8 Å². The minimum Gasteiger partial charge on any atom is -0.497 e. The molecule has 1 aliphatic rings. The average Bonchev–Trinajstić information content (AvgIpc) is 3.50. The van der Waals surface area contributed by atoms with Crippen LogP contribution in [0.15, 0.2) is 59.1 Å². The molecule has 0 radical (unpaired) electrons. The zero-order valence-electron chi connectivity index (χ0n) is 17.1. The first kappa shape index (κ1) is 19.2. The molecule has 2 aromatic heterocycles. The molecule has 0 atom stereocenters. The van der Waals surface area contributed by atoms with E-state index in [0.29, 0.717) is 18.3 Å². The standard InChI is InChI=1S/C21H22N8O2/c1-30-18-9-7-16(8-10-18)20-22-19(24-31-20)15-27-11-13-28(14-12-27)21-23-25-26-29(21)17-5-3-2-4-6-17/h2-10H,11-15H2,1H3. The normalized spacial score (nSPS) is 14.7. The molecule has 0 bridgehead atoms. The Bertz CT molecular complexity index is 1120. The van der Waals surface area contributed by atoms with Crippen molar-refractivity contribution < 1.29 is 9.26 Å². The number of para-hydroxylation sites is 1. The molecule has 10 nitrogen and oxygen atoms in total. The lowest BCUT2D eigenvalue weighted by molar-refractivity contribution is 0.239. The Hall–Kier alpha value is -3.79. The van der Waals surface area contributed by atoms with E-state index in [1.807, 2.05) is 54.6 Å². The molecule has 0 aliphatic carbocycles. The van der Waals surface area contributed by atoms with Gasteiger partial charge in [0.1, 0.15) is 5.75 Å². The van der Waals surface area contributed by atoms with E-state index in [0.717, 1.165) is 49.1 Å². The second-order valence-electron chi connectivity index (χ2n) is 7.23. The largest absolute Gasteiger partial charge is 0.497 e. The highest BCUT2D eigenvalue weighted by molar-refractivity contribution is 5.54. The van der Waals surface area contributed by atoms with Crippen molar-refractivity contribution in [3.05, 3.63) is 60.4 Å². The lowest BCUT2D eigenvalue weighted by Gasteiger charge is -2.34. The van der Waals surface area contributed by atoms with E-state index in [2.05, 4.69) is 35.5 Å². The summed E-state index contributed by atoms with van der Waals surface area (Å²) in [4.78, 5) is 9.04. The lowest BCUT2D eigenvalue weighted by Crippen LogP contribution is -2.47. The number of aromatic nitrogens is 6. The summed E-state index contributed by atoms with van der Waals surface area (Å²) in [5.74, 6) is 2.73. The van der Waals surface area contributed by atoms with Gasteiger partial charge in [-0.1, -0.05) is 28.5 Å². The number of anilines is 1. The van der Waals surface area contributed by atoms with Gasteiger partial charge in [-0.25, -0.2) is 0 Å². The summed E-state index contributed by atoms with van der Waals surface area (Å²) in [6, 6.07) is 17.5. The molecule has 0 amide bonds. The van der Waals surface area contributed by atoms with E-state index in [1.54, 1.807) is 11.8 Å². The van der Waals surface area contributed by atoms with Gasteiger partial charge in [0.25, 0.3) is 5.89 Å². The molecule has 1 saturated heterocycles. The fraction of sp³-hybridized carbons (Fsp3) is 0.286. The molecule has 10 heteroatoms. The summed E-state index contributed by atoms with van der Waals surface area (Å²) in [5, 5.41) is 16.4. The highest BCUT2D eigenvalue weighted by Crippen LogP contribution is 2.22. The summed E-state index contributed by atoms with van der Waals surface area (Å²) in [6.45, 7) is 3.98. The van der Waals surface area contributed by atoms with Gasteiger partial charge in [0.05, 0.1) is 19.3 Å². The molecule has 3 heterocycles. The van der Waals surface area contributed by atoms with Crippen molar-refractivity contribution in [1.82, 2.24) is 35.2 Å². The second-order valence-corrected chi connectivity index (χ2v) is 7.23. The Balaban J connectivity index is 1.20. The minimum atomic E-state index is 0.512. The minimum absolute atomic E-state index is 0.512. The average molecular weight is 418 g/mol. The first-order valence-corrected chi connectivity index (χ1v) is 10.1. The molecule has 5 rings (SSSR count). The molecule has 158 valence electrons. The molecule has 1 aliphatic heterocycles. The number of hydrogen-bond donors (Lipinski definition) is 0. The van der Waals surface area contributed by atoms with Crippen LogP contribution in [0.3, 0.4) is 0 Å². The Morgan fingerprint density at radius 3 is 2.48 bits per heavy atom. The number of tetrazole rings is 1. The highest BCUT2D eigenvalue weighted by atomic mass is 16.5. The molecular weight excluding hydrogens is 396 g/mol. The van der Waals surface area contributed by atoms with Gasteiger partial charge in [0.15, 0.2) is 5.82 Å². The number of hydrogen-bond acceptors (Lipinski definition) is 9. The van der Waals surface area contributed by atoms with Crippen LogP contribution in [0.5, 0.6) is 5.75 Å². The van der Waals surface area contributed by atoms with E-state index in [4.69, 9.17) is 9.26 Å². The van der Waals surface area contributed by atoms with Gasteiger partial charge in [0, 0.05) is 31.7 Å². The first-order chi connectivity index (χ1) is 15.3. The van der Waals surface area contributed by atoms with E-state index < -0.39 is 0 Å². The van der Waals surface area contributed by atoms with Gasteiger partial charge < -0.3 is 14.2 Å². The van der Waals surface area contributed by atoms with Crippen LogP contribution >= 0.6 is 0 Å². The van der Waals surface area contributed by atoms with Crippen molar-refractivity contribution in [1.29, 1.82) is 0 Å². The van der Waals surface area contributed by atoms with Gasteiger partial charge >= 0.3 is 0 Å². The van der Waals surface area contributed by atoms with Crippen LogP contribution in [0.25, 0.3) is 17.1 Å². The smallest absolute Gasteiger partial charge is 0.257 e. The Morgan fingerprint density at radius 1 is 0.968 bits per heavy atom. The van der Waals surface area contributed by atoms with Crippen molar-refractivity contribution in [3.63, 3.8) is 0 Å². The second kappa shape index (κ2) is 8.52. The van der Waals surface area contributed by atoms with Crippen molar-refractivity contribution >= 4 is 5.95 Å². The number of methoxy groups -OCH3 is 1. The summed E-state index contributed by atoms with van der Waals surface area (Å²) >= 11 is 0. The molecule has 0 spiro atoms. The predicted octanol–water partition coefficient (Wildman–Crippen LogP) is 2.04. The van der Waals surface area contributed by atoms with E-state index in [1.165, 1.54) is 0 Å². The maximum atomic E-state index is 5.44. The maximum absolute atomic E-state index is 5.44. The van der Waals surface area contributed by atoms with Crippen LogP contribution in [-0.4, -0.2) is 68.5 Å². The molecule has 0 saturated carbocycles. The van der Waals surface area contributed by atoms with Crippen molar-refractivity contribution in [2.24, 2.45) is 0 Å². The third-order valence-electron chi connectivity index (χ3n) is 5.28. The molecule has 1 fully saturated rings. The summed E-state index contributed by atoms with van der Waals surface area (Å²) in [6.07, 6.45) is 0. The van der Waals surface area contributed by atoms with Crippen LogP contribution in [0, 0.1) is 0 Å². The number of nitrogens with zero attached hydrogens (tertiary/aromatic N) is 8. The van der Waals surface area contributed by atoms with Crippen molar-refractivity contribution in [3.8, 4) is 22.9 Å². The predicted molar refractivity (Wildman–Crippen MR) is 113 cm³/mol. The van der Waals surface area contributed by atoms with Crippen LogP contribution in [0.2, 0.25) is 0 Å². The Labute approximate surface area is 179 Å². The molecule has 4 aromatic rings. The summed E-state index contributed by atoms with van der Waals surface area (Å²) in [7, 11) is 1.64. The highest BCUT2D eigenvalue weighted by Gasteiger charge is 2.23. The number of piperazine rings is 1. The Kier molecular flexibility index (Phi) is 5.28. The van der Waals surface area contributed by atoms with Gasteiger partial charge in [-0.2, -0.15) is 9.67 Å². The quantitative estimate of drug-likeness (QED) is 0.466. The zero-order valence-corrected chi connectivity index (χ0v) is 17.1. The maximum Gasteiger partial charge on any atom is 0.257 e. The first-order valence-electron chi connectivity index (χ1n) is 10.1. The topological polar surface area (TPSA) is 98.2 Å². The van der Waals surface area contributed by atoms with Crippen molar-refractivity contribution in [2.75, 3.05) is 38.2 Å². The third kappa shape index (κ3) is 4.10. The third-order valence-corrected chi connectivity index (χ3v) is 5.28. The molecule has 0 unspecified atom stereocenters. The molecular formula is C21H22N8O2. The number of benzene rings is 2. The summed E-state index contributed by atoms with van der Waals surface area (Å²) < 4.78 is 12.4. The van der Waals surface area contributed by atoms with E-state index in [-0.39, 0.29) is 0 Å². The van der Waals surface area contributed by atoms with Gasteiger partial charge in [-0.15, -0.1) is 0 Å². The monoisotopic (exact) mass is 418 g/mol. The number of rotatable bonds is 6. The van der Waals surface area contributed by atoms with Crippen LogP contribution in [0.4, 0.5) is 5.95 Å². The SMILES string of the molecule is COc1ccc(-c2nc(CN3CCN(c4nnnn4-c4ccccc4)CC3)no2)cc1. The van der Waals surface area contributed by atoms with Gasteiger partial charge in [-0.3, -0.25) is 4.90 Å². The van der Waals surface area contributed by atoms with Crippen LogP contribution < -0.4 is 9.64 Å².